The third-order valence-electron chi connectivity index (χ3n) is 6.68. The highest BCUT2D eigenvalue weighted by atomic mass is 16.2. The normalized spacial score (nSPS) is 30.4. The lowest BCUT2D eigenvalue weighted by Gasteiger charge is -2.36. The first-order chi connectivity index (χ1) is 12.2. The van der Waals surface area contributed by atoms with E-state index in [1.807, 2.05) is 0 Å². The maximum Gasteiger partial charge on any atom is 0.234 e. The molecule has 4 nitrogen and oxygen atoms in total. The van der Waals surface area contributed by atoms with Gasteiger partial charge in [0.1, 0.15) is 0 Å². The molecular formula is C21H31N3O. The Kier molecular flexibility index (Phi) is 4.98. The Bertz CT molecular complexity index is 582. The van der Waals surface area contributed by atoms with Gasteiger partial charge in [-0.15, -0.1) is 0 Å². The molecule has 0 unspecified atom stereocenters. The molecule has 1 heterocycles. The molecule has 1 amide bonds. The summed E-state index contributed by atoms with van der Waals surface area (Å²) < 4.78 is 0. The minimum absolute atomic E-state index is 0.212. The van der Waals surface area contributed by atoms with Gasteiger partial charge in [-0.3, -0.25) is 9.69 Å². The Morgan fingerprint density at radius 2 is 1.88 bits per heavy atom. The Morgan fingerprint density at radius 1 is 1.12 bits per heavy atom. The molecule has 0 radical (unpaired) electrons. The first-order valence-corrected chi connectivity index (χ1v) is 10.0. The van der Waals surface area contributed by atoms with E-state index in [0.29, 0.717) is 12.6 Å². The van der Waals surface area contributed by atoms with Gasteiger partial charge in [-0.1, -0.05) is 24.6 Å². The number of piperazine rings is 1. The fourth-order valence-corrected chi connectivity index (χ4v) is 5.32. The van der Waals surface area contributed by atoms with Crippen LogP contribution >= 0.6 is 0 Å². The molecule has 4 atom stereocenters. The van der Waals surface area contributed by atoms with Gasteiger partial charge >= 0.3 is 0 Å². The fourth-order valence-electron chi connectivity index (χ4n) is 5.32. The van der Waals surface area contributed by atoms with Crippen LogP contribution in [0.25, 0.3) is 0 Å². The van der Waals surface area contributed by atoms with Crippen molar-refractivity contribution >= 4 is 11.6 Å². The standard InChI is InChI=1S/C21H31N3O/c1-16(20-14-17-7-8-18(20)13-17)22-21(25)15-23-9-11-24(12-10-23)19-5-3-2-4-6-19/h2-6,16-18,20H,7-15H2,1H3,(H,22,25)/t16-,17+,18+,20+/m1/s1. The average Bonchev–Trinajstić information content (AvgIpc) is 3.26. The number of nitrogens with one attached hydrogen (secondary N) is 1. The van der Waals surface area contributed by atoms with Crippen molar-refractivity contribution in [2.45, 2.75) is 38.6 Å². The quantitative estimate of drug-likeness (QED) is 0.894. The van der Waals surface area contributed by atoms with E-state index in [0.717, 1.165) is 43.9 Å². The van der Waals surface area contributed by atoms with Gasteiger partial charge in [-0.25, -0.2) is 0 Å². The Balaban J connectivity index is 1.21. The lowest BCUT2D eigenvalue weighted by molar-refractivity contribution is -0.123. The van der Waals surface area contributed by atoms with Crippen molar-refractivity contribution in [3.63, 3.8) is 0 Å². The molecule has 1 saturated heterocycles. The van der Waals surface area contributed by atoms with Gasteiger partial charge in [-0.2, -0.15) is 0 Å². The lowest BCUT2D eigenvalue weighted by Crippen LogP contribution is -2.51. The Hall–Kier alpha value is -1.55. The smallest absolute Gasteiger partial charge is 0.234 e. The minimum Gasteiger partial charge on any atom is -0.369 e. The topological polar surface area (TPSA) is 35.6 Å². The first kappa shape index (κ1) is 16.9. The Morgan fingerprint density at radius 3 is 2.52 bits per heavy atom. The number of hydrogen-bond donors (Lipinski definition) is 1. The van der Waals surface area contributed by atoms with Crippen LogP contribution in [0.5, 0.6) is 0 Å². The molecule has 2 bridgehead atoms. The number of anilines is 1. The molecule has 3 aliphatic rings. The number of fused-ring (bicyclic) bond motifs is 2. The summed E-state index contributed by atoms with van der Waals surface area (Å²) in [5, 5.41) is 3.30. The molecule has 1 aliphatic heterocycles. The van der Waals surface area contributed by atoms with Crippen LogP contribution in [-0.2, 0) is 4.79 Å². The maximum atomic E-state index is 12.5. The molecule has 2 saturated carbocycles. The van der Waals surface area contributed by atoms with E-state index >= 15 is 0 Å². The van der Waals surface area contributed by atoms with Crippen LogP contribution < -0.4 is 10.2 Å². The lowest BCUT2D eigenvalue weighted by atomic mass is 9.84. The monoisotopic (exact) mass is 341 g/mol. The zero-order valence-electron chi connectivity index (χ0n) is 15.4. The van der Waals surface area contributed by atoms with E-state index in [1.165, 1.54) is 31.4 Å². The van der Waals surface area contributed by atoms with Gasteiger partial charge in [0.2, 0.25) is 5.91 Å². The third kappa shape index (κ3) is 3.84. The van der Waals surface area contributed by atoms with E-state index < -0.39 is 0 Å². The summed E-state index contributed by atoms with van der Waals surface area (Å²) in [6.45, 7) is 6.69. The fraction of sp³-hybridized carbons (Fsp3) is 0.667. The highest BCUT2D eigenvalue weighted by molar-refractivity contribution is 5.78. The van der Waals surface area contributed by atoms with Gasteiger partial charge in [-0.05, 0) is 56.1 Å². The number of para-hydroxylation sites is 1. The van der Waals surface area contributed by atoms with Crippen molar-refractivity contribution in [1.29, 1.82) is 0 Å². The van der Waals surface area contributed by atoms with Crippen LogP contribution in [0.15, 0.2) is 30.3 Å². The van der Waals surface area contributed by atoms with E-state index in [1.54, 1.807) is 0 Å². The van der Waals surface area contributed by atoms with Crippen molar-refractivity contribution in [2.24, 2.45) is 17.8 Å². The molecule has 2 aliphatic carbocycles. The van der Waals surface area contributed by atoms with Gasteiger partial charge < -0.3 is 10.2 Å². The summed E-state index contributed by atoms with van der Waals surface area (Å²) in [4.78, 5) is 17.2. The number of nitrogens with zero attached hydrogens (tertiary/aromatic N) is 2. The van der Waals surface area contributed by atoms with Gasteiger partial charge in [0, 0.05) is 37.9 Å². The second-order valence-corrected chi connectivity index (χ2v) is 8.29. The highest BCUT2D eigenvalue weighted by Gasteiger charge is 2.42. The summed E-state index contributed by atoms with van der Waals surface area (Å²) >= 11 is 0. The molecule has 0 aromatic heterocycles. The summed E-state index contributed by atoms with van der Waals surface area (Å²) in [5.74, 6) is 2.75. The van der Waals surface area contributed by atoms with Crippen LogP contribution in [-0.4, -0.2) is 49.6 Å². The predicted molar refractivity (Wildman–Crippen MR) is 102 cm³/mol. The predicted octanol–water partition coefficient (Wildman–Crippen LogP) is 2.75. The molecule has 25 heavy (non-hydrogen) atoms. The molecule has 136 valence electrons. The molecule has 1 aromatic rings. The van der Waals surface area contributed by atoms with Gasteiger partial charge in [0.05, 0.1) is 6.54 Å². The number of carbonyl (C=O) groups is 1. The summed E-state index contributed by atoms with van der Waals surface area (Å²) in [7, 11) is 0. The Labute approximate surface area is 151 Å². The second-order valence-electron chi connectivity index (χ2n) is 8.29. The van der Waals surface area contributed by atoms with Crippen LogP contribution in [0.2, 0.25) is 0 Å². The third-order valence-corrected chi connectivity index (χ3v) is 6.68. The summed E-state index contributed by atoms with van der Waals surface area (Å²) in [6.07, 6.45) is 5.55. The van der Waals surface area contributed by atoms with E-state index in [9.17, 15) is 4.79 Å². The van der Waals surface area contributed by atoms with Crippen LogP contribution in [0.1, 0.15) is 32.6 Å². The number of carbonyl (C=O) groups excluding carboxylic acids is 1. The first-order valence-electron chi connectivity index (χ1n) is 10.0. The largest absolute Gasteiger partial charge is 0.369 e. The summed E-state index contributed by atoms with van der Waals surface area (Å²) in [6, 6.07) is 10.9. The van der Waals surface area contributed by atoms with Crippen molar-refractivity contribution in [3.05, 3.63) is 30.3 Å². The van der Waals surface area contributed by atoms with Gasteiger partial charge in [0.25, 0.3) is 0 Å². The molecule has 3 fully saturated rings. The molecule has 1 N–H and O–H groups in total. The van der Waals surface area contributed by atoms with Crippen LogP contribution in [0, 0.1) is 17.8 Å². The SMILES string of the molecule is C[C@@H](NC(=O)CN1CCN(c2ccccc2)CC1)[C@@H]1C[C@H]2CC[C@H]1C2. The zero-order valence-corrected chi connectivity index (χ0v) is 15.4. The zero-order chi connectivity index (χ0) is 17.2. The second kappa shape index (κ2) is 7.36. The van der Waals surface area contributed by atoms with Crippen molar-refractivity contribution in [1.82, 2.24) is 10.2 Å². The van der Waals surface area contributed by atoms with Gasteiger partial charge in [0.15, 0.2) is 0 Å². The van der Waals surface area contributed by atoms with Crippen molar-refractivity contribution in [3.8, 4) is 0 Å². The molecule has 0 spiro atoms. The van der Waals surface area contributed by atoms with E-state index in [2.05, 4.69) is 52.4 Å². The molecule has 4 heteroatoms. The highest BCUT2D eigenvalue weighted by Crippen LogP contribution is 2.49. The minimum atomic E-state index is 0.212. The maximum absolute atomic E-state index is 12.5. The van der Waals surface area contributed by atoms with E-state index in [4.69, 9.17) is 0 Å². The summed E-state index contributed by atoms with van der Waals surface area (Å²) in [5.41, 5.74) is 1.29. The number of rotatable bonds is 5. The van der Waals surface area contributed by atoms with Crippen LogP contribution in [0.3, 0.4) is 0 Å². The number of benzene rings is 1. The van der Waals surface area contributed by atoms with Crippen molar-refractivity contribution in [2.75, 3.05) is 37.6 Å². The number of amides is 1. The molecule has 1 aromatic carbocycles. The van der Waals surface area contributed by atoms with E-state index in [-0.39, 0.29) is 5.91 Å². The number of hydrogen-bond acceptors (Lipinski definition) is 3. The average molecular weight is 341 g/mol. The van der Waals surface area contributed by atoms with Crippen molar-refractivity contribution < 1.29 is 4.79 Å². The molecular weight excluding hydrogens is 310 g/mol. The molecule has 4 rings (SSSR count). The van der Waals surface area contributed by atoms with Crippen LogP contribution in [0.4, 0.5) is 5.69 Å².